The van der Waals surface area contributed by atoms with Crippen LogP contribution in [0.25, 0.3) is 100 Å². The Kier molecular flexibility index (Phi) is 14.4. The third-order valence-corrected chi connectivity index (χ3v) is 15.5. The second-order valence-corrected chi connectivity index (χ2v) is 22.3. The average Bonchev–Trinajstić information content (AvgIpc) is 3.54. The number of rotatable bonds is 9. The van der Waals surface area contributed by atoms with Crippen molar-refractivity contribution in [1.82, 2.24) is 49.8 Å². The van der Waals surface area contributed by atoms with Crippen LogP contribution in [0, 0.1) is 138 Å². The van der Waals surface area contributed by atoms with Crippen LogP contribution in [-0.4, -0.2) is 49.8 Å². The van der Waals surface area contributed by atoms with E-state index in [2.05, 4.69) is 197 Å². The van der Waals surface area contributed by atoms with Gasteiger partial charge in [-0.15, -0.1) is 0 Å². The van der Waals surface area contributed by atoms with Gasteiger partial charge in [0.25, 0.3) is 0 Å². The summed E-state index contributed by atoms with van der Waals surface area (Å²) >= 11 is 0. The molecular weight excluding hydrogens is 981 g/mol. The average molecular weight is 1050 g/mol. The first-order valence-corrected chi connectivity index (χ1v) is 27.7. The molecule has 0 aliphatic rings. The standard InChI is InChI=1S/C70H72N10/c1-33-21-23-53(43(11)71-33)55-25-35(3)73-46(14)64(55)57-27-37(5)75-48(16)66(57)59-29-39(7)77-50(18)68(59)61-31-41(9)79-52(20)70(61)62-32-42(10)80-51(19)69(62)60-30-40(8)78-49(17)67(60)58-28-38(6)76-47(15)65(58)56-26-36(4)74-45(13)63(56)54-24-22-34(2)72-44(54)12/h21-32H,1-20H3. The van der Waals surface area contributed by atoms with E-state index in [1.807, 2.05) is 13.8 Å². The maximum atomic E-state index is 5.31. The third-order valence-electron chi connectivity index (χ3n) is 15.5. The van der Waals surface area contributed by atoms with E-state index in [0.717, 1.165) is 214 Å². The Morgan fingerprint density at radius 2 is 0.312 bits per heavy atom. The van der Waals surface area contributed by atoms with E-state index in [0.29, 0.717) is 0 Å². The molecule has 10 heterocycles. The first-order valence-electron chi connectivity index (χ1n) is 27.7. The van der Waals surface area contributed by atoms with Crippen molar-refractivity contribution in [1.29, 1.82) is 0 Å². The van der Waals surface area contributed by atoms with Crippen LogP contribution in [-0.2, 0) is 0 Å². The molecule has 0 radical (unpaired) electrons. The summed E-state index contributed by atoms with van der Waals surface area (Å²) in [5, 5.41) is 0. The van der Waals surface area contributed by atoms with Gasteiger partial charge in [-0.05, 0) is 244 Å². The zero-order valence-electron chi connectivity index (χ0n) is 50.4. The van der Waals surface area contributed by atoms with Crippen LogP contribution >= 0.6 is 0 Å². The topological polar surface area (TPSA) is 129 Å². The minimum absolute atomic E-state index is 0.897. The van der Waals surface area contributed by atoms with Crippen LogP contribution in [0.3, 0.4) is 0 Å². The van der Waals surface area contributed by atoms with Crippen LogP contribution in [0.1, 0.15) is 114 Å². The molecule has 10 nitrogen and oxygen atoms in total. The predicted octanol–water partition coefficient (Wildman–Crippen LogP) is 16.8. The molecule has 80 heavy (non-hydrogen) atoms. The molecule has 402 valence electrons. The van der Waals surface area contributed by atoms with Gasteiger partial charge in [0.2, 0.25) is 0 Å². The van der Waals surface area contributed by atoms with Crippen molar-refractivity contribution in [2.24, 2.45) is 0 Å². The smallest absolute Gasteiger partial charge is 0.0461 e. The number of aromatic nitrogens is 10. The highest BCUT2D eigenvalue weighted by atomic mass is 14.8. The van der Waals surface area contributed by atoms with Crippen LogP contribution in [0.5, 0.6) is 0 Å². The first kappa shape index (κ1) is 54.8. The van der Waals surface area contributed by atoms with Crippen LogP contribution in [0.2, 0.25) is 0 Å². The lowest BCUT2D eigenvalue weighted by Gasteiger charge is -2.26. The molecule has 0 amide bonds. The fourth-order valence-corrected chi connectivity index (χ4v) is 12.9. The zero-order valence-corrected chi connectivity index (χ0v) is 50.4. The van der Waals surface area contributed by atoms with Gasteiger partial charge < -0.3 is 0 Å². The lowest BCUT2D eigenvalue weighted by atomic mass is 9.80. The van der Waals surface area contributed by atoms with Crippen molar-refractivity contribution >= 4 is 0 Å². The summed E-state index contributed by atoms with van der Waals surface area (Å²) in [5.41, 5.74) is 37.2. The van der Waals surface area contributed by atoms with Crippen LogP contribution in [0.15, 0.2) is 72.8 Å². The van der Waals surface area contributed by atoms with Gasteiger partial charge >= 0.3 is 0 Å². The Hall–Kier alpha value is -8.50. The monoisotopic (exact) mass is 1050 g/mol. The number of aryl methyl sites for hydroxylation is 20. The molecule has 0 fully saturated rings. The van der Waals surface area contributed by atoms with Crippen molar-refractivity contribution in [3.63, 3.8) is 0 Å². The molecule has 10 aromatic heterocycles. The normalized spacial score (nSPS) is 11.5. The molecule has 0 aliphatic heterocycles. The summed E-state index contributed by atoms with van der Waals surface area (Å²) in [6, 6.07) is 26.4. The maximum Gasteiger partial charge on any atom is 0.0461 e. The van der Waals surface area contributed by atoms with E-state index in [1.165, 1.54) is 0 Å². The Morgan fingerprint density at radius 1 is 0.150 bits per heavy atom. The molecule has 0 N–H and O–H groups in total. The SMILES string of the molecule is Cc1ccc(-c2cc(C)nc(C)c2-c2cc(C)nc(C)c2-c2cc(C)nc(C)c2-c2cc(C)nc(C)c2-c2cc(C)nc(C)c2-c2cc(C)nc(C)c2-c2cc(C)nc(C)c2-c2cc(C)nc(C)c2-c2ccc(C)nc2C)c(C)n1. The number of hydrogen-bond donors (Lipinski definition) is 0. The largest absolute Gasteiger partial charge is 0.258 e. The minimum Gasteiger partial charge on any atom is -0.258 e. The van der Waals surface area contributed by atoms with Crippen molar-refractivity contribution in [3.8, 4) is 100 Å². The zero-order chi connectivity index (χ0) is 57.5. The lowest BCUT2D eigenvalue weighted by Crippen LogP contribution is -2.07. The molecule has 0 saturated carbocycles. The fraction of sp³-hybridized carbons (Fsp3) is 0.286. The molecule has 10 heteroatoms. The van der Waals surface area contributed by atoms with Gasteiger partial charge in [-0.3, -0.25) is 49.8 Å². The van der Waals surface area contributed by atoms with E-state index in [-0.39, 0.29) is 0 Å². The summed E-state index contributed by atoms with van der Waals surface area (Å²) in [5.74, 6) is 0. The summed E-state index contributed by atoms with van der Waals surface area (Å²) in [4.78, 5) is 51.8. The van der Waals surface area contributed by atoms with Crippen molar-refractivity contribution < 1.29 is 0 Å². The van der Waals surface area contributed by atoms with Crippen LogP contribution in [0.4, 0.5) is 0 Å². The quantitative estimate of drug-likeness (QED) is 0.138. The van der Waals surface area contributed by atoms with Gasteiger partial charge in [0.1, 0.15) is 0 Å². The molecule has 0 unspecified atom stereocenters. The predicted molar refractivity (Wildman–Crippen MR) is 328 cm³/mol. The first-order chi connectivity index (χ1) is 37.9. The van der Waals surface area contributed by atoms with Gasteiger partial charge in [-0.1, -0.05) is 12.1 Å². The molecule has 0 bridgehead atoms. The minimum atomic E-state index is 0.897. The molecule has 0 aliphatic carbocycles. The second-order valence-electron chi connectivity index (χ2n) is 22.3. The summed E-state index contributed by atoms with van der Waals surface area (Å²) in [6.07, 6.45) is 0. The number of pyridine rings is 10. The van der Waals surface area contributed by atoms with E-state index >= 15 is 0 Å². The van der Waals surface area contributed by atoms with Gasteiger partial charge in [-0.25, -0.2) is 0 Å². The Labute approximate surface area is 472 Å². The van der Waals surface area contributed by atoms with E-state index < -0.39 is 0 Å². The summed E-state index contributed by atoms with van der Waals surface area (Å²) < 4.78 is 0. The van der Waals surface area contributed by atoms with Crippen molar-refractivity contribution in [2.45, 2.75) is 138 Å². The maximum absolute atomic E-state index is 5.31. The van der Waals surface area contributed by atoms with Crippen LogP contribution < -0.4 is 0 Å². The molecule has 10 rings (SSSR count). The van der Waals surface area contributed by atoms with E-state index in [4.69, 9.17) is 49.8 Å². The fourth-order valence-electron chi connectivity index (χ4n) is 12.9. The molecule has 0 aromatic carbocycles. The molecule has 0 spiro atoms. The van der Waals surface area contributed by atoms with Gasteiger partial charge in [0, 0.05) is 170 Å². The van der Waals surface area contributed by atoms with E-state index in [1.54, 1.807) is 0 Å². The highest BCUT2D eigenvalue weighted by molar-refractivity contribution is 6.05. The van der Waals surface area contributed by atoms with Crippen molar-refractivity contribution in [3.05, 3.63) is 187 Å². The Morgan fingerprint density at radius 3 is 0.525 bits per heavy atom. The van der Waals surface area contributed by atoms with E-state index in [9.17, 15) is 0 Å². The van der Waals surface area contributed by atoms with Gasteiger partial charge in [0.15, 0.2) is 0 Å². The highest BCUT2D eigenvalue weighted by Gasteiger charge is 2.30. The molecule has 10 aromatic rings. The summed E-state index contributed by atoms with van der Waals surface area (Å²) in [6.45, 7) is 42.0. The molecule has 0 atom stereocenters. The van der Waals surface area contributed by atoms with Gasteiger partial charge in [0.05, 0.1) is 0 Å². The molecular formula is C70H72N10. The van der Waals surface area contributed by atoms with Gasteiger partial charge in [-0.2, -0.15) is 0 Å². The summed E-state index contributed by atoms with van der Waals surface area (Å²) in [7, 11) is 0. The van der Waals surface area contributed by atoms with Crippen molar-refractivity contribution in [2.75, 3.05) is 0 Å². The highest BCUT2D eigenvalue weighted by Crippen LogP contribution is 2.52. The number of nitrogens with zero attached hydrogens (tertiary/aromatic N) is 10. The molecule has 0 saturated heterocycles. The second kappa shape index (κ2) is 20.9. The Balaban J connectivity index is 1.29. The lowest BCUT2D eigenvalue weighted by molar-refractivity contribution is 1.09. The third kappa shape index (κ3) is 9.90. The Bertz CT molecular complexity index is 4240. The number of hydrogen-bond acceptors (Lipinski definition) is 10.